The van der Waals surface area contributed by atoms with Gasteiger partial charge in [-0.25, -0.2) is 10.2 Å². The third kappa shape index (κ3) is 1.47. The Morgan fingerprint density at radius 3 is 2.92 bits per heavy atom. The zero-order valence-electron chi connectivity index (χ0n) is 7.10. The summed E-state index contributed by atoms with van der Waals surface area (Å²) in [4.78, 5) is 10.3. The first-order valence-electron chi connectivity index (χ1n) is 4.19. The highest BCUT2D eigenvalue weighted by molar-refractivity contribution is 5.75. The van der Waals surface area contributed by atoms with Crippen LogP contribution in [0.3, 0.4) is 0 Å². The van der Waals surface area contributed by atoms with E-state index in [2.05, 4.69) is 22.7 Å². The quantitative estimate of drug-likeness (QED) is 0.475. The molecule has 1 atom stereocenters. The summed E-state index contributed by atoms with van der Waals surface area (Å²) in [6, 6.07) is -0.622. The topological polar surface area (TPSA) is 67.5 Å². The predicted molar refractivity (Wildman–Crippen MR) is 50.0 cm³/mol. The molecule has 0 aliphatic heterocycles. The number of allylic oxidation sites excluding steroid dienone is 4. The van der Waals surface area contributed by atoms with E-state index < -0.39 is 6.03 Å². The molecule has 2 amide bonds. The van der Waals surface area contributed by atoms with Crippen LogP contribution in [0.15, 0.2) is 29.4 Å². The zero-order valence-corrected chi connectivity index (χ0v) is 7.10. The van der Waals surface area contributed by atoms with Gasteiger partial charge in [-0.1, -0.05) is 24.3 Å². The average Bonchev–Trinajstić information content (AvgIpc) is 2.54. The fourth-order valence-corrected chi connectivity index (χ4v) is 1.61. The molecule has 4 nitrogen and oxygen atoms in total. The molecule has 4 heteroatoms. The monoisotopic (exact) mass is 177 g/mol. The molecule has 68 valence electrons. The van der Waals surface area contributed by atoms with Gasteiger partial charge in [0.1, 0.15) is 0 Å². The lowest BCUT2D eigenvalue weighted by Gasteiger charge is -1.97. The van der Waals surface area contributed by atoms with Crippen LogP contribution in [-0.2, 0) is 0 Å². The summed E-state index contributed by atoms with van der Waals surface area (Å²) in [5, 5.41) is 3.73. The SMILES string of the molecule is NC(=O)NN=CC1CC12C=CC=C2. The van der Waals surface area contributed by atoms with E-state index in [1.54, 1.807) is 6.21 Å². The van der Waals surface area contributed by atoms with Crippen LogP contribution in [-0.4, -0.2) is 12.2 Å². The average molecular weight is 177 g/mol. The minimum atomic E-state index is -0.622. The number of amides is 2. The number of rotatable bonds is 2. The van der Waals surface area contributed by atoms with Gasteiger partial charge in [0.05, 0.1) is 0 Å². The Hall–Kier alpha value is -1.58. The van der Waals surface area contributed by atoms with Crippen molar-refractivity contribution in [3.63, 3.8) is 0 Å². The first kappa shape index (κ1) is 8.04. The molecule has 2 rings (SSSR count). The Labute approximate surface area is 76.2 Å². The molecule has 0 heterocycles. The summed E-state index contributed by atoms with van der Waals surface area (Å²) in [6.07, 6.45) is 11.2. The maximum absolute atomic E-state index is 10.3. The number of nitrogens with zero attached hydrogens (tertiary/aromatic N) is 1. The minimum Gasteiger partial charge on any atom is -0.350 e. The smallest absolute Gasteiger partial charge is 0.332 e. The van der Waals surface area contributed by atoms with Crippen molar-refractivity contribution in [3.05, 3.63) is 24.3 Å². The van der Waals surface area contributed by atoms with E-state index in [1.807, 2.05) is 12.2 Å². The molecular weight excluding hydrogens is 166 g/mol. The van der Waals surface area contributed by atoms with E-state index in [4.69, 9.17) is 5.73 Å². The van der Waals surface area contributed by atoms with Crippen LogP contribution in [0.2, 0.25) is 0 Å². The third-order valence-electron chi connectivity index (χ3n) is 2.46. The summed E-state index contributed by atoms with van der Waals surface area (Å²) >= 11 is 0. The molecule has 1 saturated carbocycles. The predicted octanol–water partition coefficient (Wildman–Crippen LogP) is 0.773. The molecule has 0 radical (unpaired) electrons. The van der Waals surface area contributed by atoms with Crippen molar-refractivity contribution in [1.29, 1.82) is 0 Å². The summed E-state index contributed by atoms with van der Waals surface area (Å²) in [5.74, 6) is 0.411. The van der Waals surface area contributed by atoms with Crippen molar-refractivity contribution in [1.82, 2.24) is 5.43 Å². The molecule has 0 saturated heterocycles. The molecule has 13 heavy (non-hydrogen) atoms. The molecule has 2 aliphatic rings. The maximum atomic E-state index is 10.3. The first-order valence-corrected chi connectivity index (χ1v) is 4.19. The highest BCUT2D eigenvalue weighted by Crippen LogP contribution is 2.55. The zero-order chi connectivity index (χ0) is 9.31. The Morgan fingerprint density at radius 2 is 2.31 bits per heavy atom. The lowest BCUT2D eigenvalue weighted by molar-refractivity contribution is 0.249. The second-order valence-electron chi connectivity index (χ2n) is 3.40. The number of urea groups is 1. The molecule has 0 aromatic heterocycles. The molecule has 2 aliphatic carbocycles. The number of primary amides is 1. The van der Waals surface area contributed by atoms with Gasteiger partial charge in [0.15, 0.2) is 0 Å². The van der Waals surface area contributed by atoms with Crippen molar-refractivity contribution in [2.45, 2.75) is 6.42 Å². The van der Waals surface area contributed by atoms with Gasteiger partial charge in [-0.2, -0.15) is 5.10 Å². The molecule has 1 fully saturated rings. The van der Waals surface area contributed by atoms with E-state index in [9.17, 15) is 4.79 Å². The van der Waals surface area contributed by atoms with Crippen molar-refractivity contribution < 1.29 is 4.79 Å². The standard InChI is InChI=1S/C9H11N3O/c10-8(13)12-11-6-7-5-9(7)3-1-2-4-9/h1-4,6-7H,5H2,(H3,10,12,13). The normalized spacial score (nSPS) is 27.2. The molecule has 1 spiro atoms. The van der Waals surface area contributed by atoms with Gasteiger partial charge in [-0.3, -0.25) is 0 Å². The molecule has 1 unspecified atom stereocenters. The van der Waals surface area contributed by atoms with Crippen molar-refractivity contribution in [2.24, 2.45) is 22.2 Å². The van der Waals surface area contributed by atoms with Gasteiger partial charge in [0.25, 0.3) is 0 Å². The van der Waals surface area contributed by atoms with E-state index in [0.29, 0.717) is 5.92 Å². The lowest BCUT2D eigenvalue weighted by atomic mass is 10.1. The van der Waals surface area contributed by atoms with Crippen LogP contribution in [0.1, 0.15) is 6.42 Å². The molecule has 0 aromatic rings. The number of carbonyl (C=O) groups excluding carboxylic acids is 1. The second kappa shape index (κ2) is 2.73. The van der Waals surface area contributed by atoms with Gasteiger partial charge in [-0.05, 0) is 6.42 Å². The van der Waals surface area contributed by atoms with Crippen LogP contribution >= 0.6 is 0 Å². The minimum absolute atomic E-state index is 0.197. The summed E-state index contributed by atoms with van der Waals surface area (Å²) in [5.41, 5.74) is 7.23. The van der Waals surface area contributed by atoms with Crippen LogP contribution in [0.4, 0.5) is 4.79 Å². The van der Waals surface area contributed by atoms with Crippen LogP contribution in [0.25, 0.3) is 0 Å². The van der Waals surface area contributed by atoms with Crippen LogP contribution in [0.5, 0.6) is 0 Å². The Balaban J connectivity index is 1.87. The van der Waals surface area contributed by atoms with Crippen molar-refractivity contribution >= 4 is 12.2 Å². The van der Waals surface area contributed by atoms with E-state index in [-0.39, 0.29) is 5.41 Å². The van der Waals surface area contributed by atoms with Crippen molar-refractivity contribution in [2.75, 3.05) is 0 Å². The van der Waals surface area contributed by atoms with Crippen molar-refractivity contribution in [3.8, 4) is 0 Å². The molecule has 3 N–H and O–H groups in total. The lowest BCUT2D eigenvalue weighted by Crippen LogP contribution is -2.24. The van der Waals surface area contributed by atoms with Gasteiger partial charge in [0.2, 0.25) is 0 Å². The molecule has 0 bridgehead atoms. The largest absolute Gasteiger partial charge is 0.350 e. The Bertz CT molecular complexity index is 305. The first-order chi connectivity index (χ1) is 6.23. The van der Waals surface area contributed by atoms with Gasteiger partial charge < -0.3 is 5.73 Å². The van der Waals surface area contributed by atoms with E-state index in [0.717, 1.165) is 6.42 Å². The number of hydrogen-bond donors (Lipinski definition) is 2. The van der Waals surface area contributed by atoms with Crippen LogP contribution in [0, 0.1) is 11.3 Å². The number of hydrogen-bond acceptors (Lipinski definition) is 2. The number of carbonyl (C=O) groups is 1. The van der Waals surface area contributed by atoms with Gasteiger partial charge in [-0.15, -0.1) is 0 Å². The summed E-state index contributed by atoms with van der Waals surface area (Å²) < 4.78 is 0. The number of hydrazone groups is 1. The summed E-state index contributed by atoms with van der Waals surface area (Å²) in [7, 11) is 0. The number of nitrogens with two attached hydrogens (primary N) is 1. The molecular formula is C9H11N3O. The Morgan fingerprint density at radius 1 is 1.62 bits per heavy atom. The van der Waals surface area contributed by atoms with E-state index >= 15 is 0 Å². The fourth-order valence-electron chi connectivity index (χ4n) is 1.61. The second-order valence-corrected chi connectivity index (χ2v) is 3.40. The van der Waals surface area contributed by atoms with Crippen LogP contribution < -0.4 is 11.2 Å². The van der Waals surface area contributed by atoms with Gasteiger partial charge in [0, 0.05) is 17.5 Å². The summed E-state index contributed by atoms with van der Waals surface area (Å²) in [6.45, 7) is 0. The third-order valence-corrected chi connectivity index (χ3v) is 2.46. The number of nitrogens with one attached hydrogen (secondary N) is 1. The van der Waals surface area contributed by atoms with E-state index in [1.165, 1.54) is 0 Å². The Kier molecular flexibility index (Phi) is 1.69. The fraction of sp³-hybridized carbons (Fsp3) is 0.333. The molecule has 0 aromatic carbocycles. The van der Waals surface area contributed by atoms with Gasteiger partial charge >= 0.3 is 6.03 Å². The highest BCUT2D eigenvalue weighted by atomic mass is 16.2. The highest BCUT2D eigenvalue weighted by Gasteiger charge is 2.50. The maximum Gasteiger partial charge on any atom is 0.332 e.